The van der Waals surface area contributed by atoms with Crippen LogP contribution in [0.3, 0.4) is 0 Å². The number of hydrogen-bond donors (Lipinski definition) is 1. The van der Waals surface area contributed by atoms with Crippen molar-refractivity contribution < 1.29 is 13.9 Å². The van der Waals surface area contributed by atoms with Crippen molar-refractivity contribution in [3.8, 4) is 0 Å². The summed E-state index contributed by atoms with van der Waals surface area (Å²) in [5.74, 6) is -2.80. The van der Waals surface area contributed by atoms with Gasteiger partial charge >= 0.3 is 0 Å². The minimum Gasteiger partial charge on any atom is -0.395 e. The molecule has 3 heteroatoms. The molecule has 0 atom stereocenters. The van der Waals surface area contributed by atoms with Gasteiger partial charge in [0, 0.05) is 17.4 Å². The van der Waals surface area contributed by atoms with Crippen LogP contribution in [-0.4, -0.2) is 11.7 Å². The molecule has 1 fully saturated rings. The molecular formula is C16H22F2O. The second-order valence-corrected chi connectivity index (χ2v) is 6.17. The Morgan fingerprint density at radius 1 is 1.21 bits per heavy atom. The van der Waals surface area contributed by atoms with Gasteiger partial charge < -0.3 is 5.11 Å². The van der Waals surface area contributed by atoms with Crippen molar-refractivity contribution in [1.82, 2.24) is 0 Å². The molecule has 19 heavy (non-hydrogen) atoms. The zero-order valence-electron chi connectivity index (χ0n) is 11.6. The third kappa shape index (κ3) is 2.81. The standard InChI is InChI=1S/C16H22F2O/c1-12(2)10-16(17,18)14-6-4-13(5-7-14)15(11-19)8-3-9-15/h4-7,12,19H,3,8-11H2,1-2H3. The normalized spacial score (nSPS) is 18.4. The van der Waals surface area contributed by atoms with Crippen molar-refractivity contribution in [1.29, 1.82) is 0 Å². The van der Waals surface area contributed by atoms with Gasteiger partial charge in [0.25, 0.3) is 5.92 Å². The second kappa shape index (κ2) is 5.20. The van der Waals surface area contributed by atoms with Gasteiger partial charge in [-0.25, -0.2) is 8.78 Å². The Morgan fingerprint density at radius 3 is 2.16 bits per heavy atom. The Balaban J connectivity index is 2.18. The van der Waals surface area contributed by atoms with Crippen LogP contribution in [0, 0.1) is 5.92 Å². The Morgan fingerprint density at radius 2 is 1.79 bits per heavy atom. The Labute approximate surface area is 113 Å². The number of alkyl halides is 2. The van der Waals surface area contributed by atoms with Crippen LogP contribution in [0.15, 0.2) is 24.3 Å². The minimum absolute atomic E-state index is 0.0370. The van der Waals surface area contributed by atoms with Crippen molar-refractivity contribution in [3.05, 3.63) is 35.4 Å². The number of halogens is 2. The van der Waals surface area contributed by atoms with Crippen LogP contribution in [0.25, 0.3) is 0 Å². The average Bonchev–Trinajstić information content (AvgIpc) is 2.27. The molecule has 1 aliphatic carbocycles. The van der Waals surface area contributed by atoms with Crippen LogP contribution < -0.4 is 0 Å². The second-order valence-electron chi connectivity index (χ2n) is 6.17. The fourth-order valence-electron chi connectivity index (χ4n) is 2.84. The smallest absolute Gasteiger partial charge is 0.273 e. The van der Waals surface area contributed by atoms with Crippen LogP contribution in [0.5, 0.6) is 0 Å². The lowest BCUT2D eigenvalue weighted by Gasteiger charge is -2.41. The molecule has 0 unspecified atom stereocenters. The molecule has 1 nitrogen and oxygen atoms in total. The van der Waals surface area contributed by atoms with Crippen molar-refractivity contribution in [2.45, 2.75) is 50.9 Å². The van der Waals surface area contributed by atoms with Gasteiger partial charge in [0.05, 0.1) is 6.61 Å². The van der Waals surface area contributed by atoms with Crippen molar-refractivity contribution in [2.24, 2.45) is 5.92 Å². The van der Waals surface area contributed by atoms with Crippen LogP contribution in [0.2, 0.25) is 0 Å². The maximum Gasteiger partial charge on any atom is 0.273 e. The summed E-state index contributed by atoms with van der Waals surface area (Å²) < 4.78 is 27.9. The number of hydrogen-bond acceptors (Lipinski definition) is 1. The van der Waals surface area contributed by atoms with Crippen molar-refractivity contribution in [2.75, 3.05) is 6.61 Å². The molecule has 1 saturated carbocycles. The van der Waals surface area contributed by atoms with Crippen molar-refractivity contribution >= 4 is 0 Å². The summed E-state index contributed by atoms with van der Waals surface area (Å²) in [4.78, 5) is 0. The molecule has 0 amide bonds. The molecule has 0 heterocycles. The van der Waals surface area contributed by atoms with E-state index in [0.717, 1.165) is 24.8 Å². The summed E-state index contributed by atoms with van der Waals surface area (Å²) in [5, 5.41) is 9.49. The van der Waals surface area contributed by atoms with Crippen LogP contribution in [0.1, 0.15) is 50.7 Å². The maximum absolute atomic E-state index is 14.0. The fraction of sp³-hybridized carbons (Fsp3) is 0.625. The van der Waals surface area contributed by atoms with E-state index < -0.39 is 5.92 Å². The molecule has 1 aromatic rings. The first-order valence-electron chi connectivity index (χ1n) is 6.99. The first-order valence-corrected chi connectivity index (χ1v) is 6.99. The van der Waals surface area contributed by atoms with Gasteiger partial charge in [-0.15, -0.1) is 0 Å². The molecular weight excluding hydrogens is 246 g/mol. The van der Waals surface area contributed by atoms with E-state index in [0.29, 0.717) is 0 Å². The third-order valence-corrected chi connectivity index (χ3v) is 4.20. The first-order chi connectivity index (χ1) is 8.89. The number of rotatable bonds is 5. The number of benzene rings is 1. The van der Waals surface area contributed by atoms with Gasteiger partial charge in [-0.3, -0.25) is 0 Å². The molecule has 2 rings (SSSR count). The Bertz CT molecular complexity index is 413. The lowest BCUT2D eigenvalue weighted by atomic mass is 9.65. The van der Waals surface area contributed by atoms with Gasteiger partial charge in [0.15, 0.2) is 0 Å². The largest absolute Gasteiger partial charge is 0.395 e. The highest BCUT2D eigenvalue weighted by Crippen LogP contribution is 2.44. The molecule has 0 radical (unpaired) electrons. The van der Waals surface area contributed by atoms with E-state index >= 15 is 0 Å². The quantitative estimate of drug-likeness (QED) is 0.847. The van der Waals surface area contributed by atoms with Crippen LogP contribution >= 0.6 is 0 Å². The van der Waals surface area contributed by atoms with Gasteiger partial charge in [-0.2, -0.15) is 0 Å². The topological polar surface area (TPSA) is 20.2 Å². The lowest BCUT2D eigenvalue weighted by Crippen LogP contribution is -2.37. The molecule has 1 aromatic carbocycles. The minimum atomic E-state index is -2.77. The maximum atomic E-state index is 14.0. The summed E-state index contributed by atoms with van der Waals surface area (Å²) in [6.07, 6.45) is 2.87. The fourth-order valence-corrected chi connectivity index (χ4v) is 2.84. The van der Waals surface area contributed by atoms with E-state index in [9.17, 15) is 13.9 Å². The van der Waals surface area contributed by atoms with Gasteiger partial charge in [0.1, 0.15) is 0 Å². The SMILES string of the molecule is CC(C)CC(F)(F)c1ccc(C2(CO)CCC2)cc1. The van der Waals surface area contributed by atoms with E-state index in [1.807, 2.05) is 0 Å². The number of aliphatic hydroxyl groups excluding tert-OH is 1. The molecule has 0 aliphatic heterocycles. The summed E-state index contributed by atoms with van der Waals surface area (Å²) >= 11 is 0. The van der Waals surface area contributed by atoms with E-state index in [1.54, 1.807) is 26.0 Å². The predicted octanol–water partition coefficient (Wildman–Crippen LogP) is 4.24. The van der Waals surface area contributed by atoms with Gasteiger partial charge in [-0.1, -0.05) is 44.5 Å². The zero-order valence-corrected chi connectivity index (χ0v) is 11.6. The zero-order chi connectivity index (χ0) is 14.1. The summed E-state index contributed by atoms with van der Waals surface area (Å²) in [6, 6.07) is 6.57. The van der Waals surface area contributed by atoms with Crippen LogP contribution in [0.4, 0.5) is 8.78 Å². The van der Waals surface area contributed by atoms with E-state index in [1.165, 1.54) is 12.1 Å². The average molecular weight is 268 g/mol. The molecule has 0 bridgehead atoms. The predicted molar refractivity (Wildman–Crippen MR) is 72.4 cm³/mol. The van der Waals surface area contributed by atoms with E-state index in [4.69, 9.17) is 0 Å². The summed E-state index contributed by atoms with van der Waals surface area (Å²) in [7, 11) is 0. The lowest BCUT2D eigenvalue weighted by molar-refractivity contribution is -0.0249. The molecule has 0 aromatic heterocycles. The van der Waals surface area contributed by atoms with E-state index in [2.05, 4.69) is 0 Å². The molecule has 0 saturated heterocycles. The number of aliphatic hydroxyl groups is 1. The summed E-state index contributed by atoms with van der Waals surface area (Å²) in [6.45, 7) is 3.71. The molecule has 106 valence electrons. The highest BCUT2D eigenvalue weighted by molar-refractivity contribution is 5.33. The van der Waals surface area contributed by atoms with E-state index in [-0.39, 0.29) is 29.9 Å². The molecule has 0 spiro atoms. The molecule has 1 N–H and O–H groups in total. The van der Waals surface area contributed by atoms with Gasteiger partial charge in [-0.05, 0) is 24.3 Å². The highest BCUT2D eigenvalue weighted by Gasteiger charge is 2.39. The molecule has 1 aliphatic rings. The highest BCUT2D eigenvalue weighted by atomic mass is 19.3. The monoisotopic (exact) mass is 268 g/mol. The Hall–Kier alpha value is -0.960. The third-order valence-electron chi connectivity index (χ3n) is 4.20. The first kappa shape index (κ1) is 14.4. The Kier molecular flexibility index (Phi) is 3.95. The van der Waals surface area contributed by atoms with Gasteiger partial charge in [0.2, 0.25) is 0 Å². The van der Waals surface area contributed by atoms with Crippen molar-refractivity contribution in [3.63, 3.8) is 0 Å². The van der Waals surface area contributed by atoms with Crippen LogP contribution in [-0.2, 0) is 11.3 Å². The summed E-state index contributed by atoms with van der Waals surface area (Å²) in [5.41, 5.74) is 0.897.